The Morgan fingerprint density at radius 2 is 0.566 bits per heavy atom. The molecule has 2 unspecified atom stereocenters. The molecule has 7 aromatic rings. The summed E-state index contributed by atoms with van der Waals surface area (Å²) in [6.45, 7) is 0. The lowest BCUT2D eigenvalue weighted by Crippen LogP contribution is -2.25. The van der Waals surface area contributed by atoms with Crippen LogP contribution in [-0.2, 0) is 0 Å². The Morgan fingerprint density at radius 3 is 0.776 bits per heavy atom. The van der Waals surface area contributed by atoms with Crippen molar-refractivity contribution in [2.75, 3.05) is 0 Å². The summed E-state index contributed by atoms with van der Waals surface area (Å²) >= 11 is 0. The normalized spacial score (nSPS) is 14.8. The summed E-state index contributed by atoms with van der Waals surface area (Å²) in [4.78, 5) is 9.43. The third kappa shape index (κ3) is 7.46. The van der Waals surface area contributed by atoms with Gasteiger partial charge in [0.1, 0.15) is 29.8 Å². The van der Waals surface area contributed by atoms with Crippen LogP contribution in [0.25, 0.3) is 22.3 Å². The first-order valence-corrected chi connectivity index (χ1v) is 20.7. The van der Waals surface area contributed by atoms with E-state index in [2.05, 4.69) is 19.9 Å². The first-order chi connectivity index (χ1) is 36.1. The van der Waals surface area contributed by atoms with Gasteiger partial charge in [-0.3, -0.25) is 0 Å². The number of aromatic nitrogens is 4. The van der Waals surface area contributed by atoms with Crippen LogP contribution >= 0.6 is 0 Å². The Balaban J connectivity index is 1.59. The number of halogens is 18. The van der Waals surface area contributed by atoms with Gasteiger partial charge >= 0.3 is 0 Å². The zero-order valence-electron chi connectivity index (χ0n) is 36.3. The molecule has 4 heterocycles. The summed E-state index contributed by atoms with van der Waals surface area (Å²) in [6.07, 6.45) is 0. The van der Waals surface area contributed by atoms with Gasteiger partial charge in [-0.05, 0) is 57.7 Å². The van der Waals surface area contributed by atoms with Gasteiger partial charge in [0.15, 0.2) is 46.5 Å². The molecule has 0 spiro atoms. The zero-order chi connectivity index (χ0) is 55.3. The van der Waals surface area contributed by atoms with E-state index < -0.39 is 218 Å². The van der Waals surface area contributed by atoms with Crippen LogP contribution in [0.1, 0.15) is 90.4 Å². The second kappa shape index (κ2) is 18.7. The molecule has 0 saturated carbocycles. The van der Waals surface area contributed by atoms with Crippen molar-refractivity contribution in [3.05, 3.63) is 221 Å². The quantitative estimate of drug-likeness (QED) is 0.108. The number of hydrogen-bond donors (Lipinski definition) is 0. The molecule has 2 aliphatic carbocycles. The number of fused-ring (bicyclic) bond motifs is 2. The number of allylic oxidation sites excluding steroid dienone is 4. The van der Waals surface area contributed by atoms with Crippen LogP contribution < -0.4 is 0 Å². The maximum absolute atomic E-state index is 16.5. The first kappa shape index (κ1) is 51.3. The van der Waals surface area contributed by atoms with Crippen molar-refractivity contribution in [3.63, 3.8) is 0 Å². The van der Waals surface area contributed by atoms with E-state index in [-0.39, 0.29) is 0 Å². The highest BCUT2D eigenvalue weighted by molar-refractivity contribution is 6.13. The topological polar surface area (TPSA) is 147 Å². The lowest BCUT2D eigenvalue weighted by Gasteiger charge is -2.33. The summed E-state index contributed by atoms with van der Waals surface area (Å²) in [6, 6.07) is 11.0. The van der Waals surface area contributed by atoms with Crippen LogP contribution in [0.15, 0.2) is 48.5 Å². The lowest BCUT2D eigenvalue weighted by atomic mass is 9.68. The molecule has 9 rings (SSSR count). The van der Waals surface area contributed by atoms with E-state index >= 15 is 70.2 Å². The third-order valence-corrected chi connectivity index (χ3v) is 12.7. The summed E-state index contributed by atoms with van der Waals surface area (Å²) in [7, 11) is 0. The molecular weight excluding hydrogens is 1050 g/mol. The molecule has 0 fully saturated rings. The van der Waals surface area contributed by atoms with E-state index in [1.54, 1.807) is 0 Å². The molecule has 0 radical (unpaired) electrons. The number of nitrogens with zero attached hydrogens (tertiary/aromatic N) is 8. The minimum Gasteiger partial charge on any atom is -0.207 e. The molecule has 2 aliphatic rings. The molecule has 0 amide bonds. The van der Waals surface area contributed by atoms with Crippen LogP contribution in [0.3, 0.4) is 0 Å². The maximum Gasteiger partial charge on any atom is 0.252 e. The molecule has 378 valence electrons. The molecular formula is C50H12F18N8. The number of pyridine rings is 4. The van der Waals surface area contributed by atoms with Crippen LogP contribution in [-0.4, -0.2) is 19.9 Å². The second-order valence-electron chi connectivity index (χ2n) is 16.2. The van der Waals surface area contributed by atoms with Crippen molar-refractivity contribution >= 4 is 22.3 Å². The van der Waals surface area contributed by atoms with E-state index in [1.165, 1.54) is 24.3 Å². The minimum absolute atomic E-state index is 0.570. The average Bonchev–Trinajstić information content (AvgIpc) is 3.92. The Kier molecular flexibility index (Phi) is 12.7. The van der Waals surface area contributed by atoms with E-state index in [9.17, 15) is 29.8 Å². The predicted octanol–water partition coefficient (Wildman–Crippen LogP) is 12.2. The number of hydrogen-bond acceptors (Lipinski definition) is 8. The molecule has 76 heavy (non-hydrogen) atoms. The van der Waals surface area contributed by atoms with Crippen molar-refractivity contribution in [3.8, 4) is 24.3 Å². The van der Waals surface area contributed by atoms with E-state index in [4.69, 9.17) is 0 Å². The first-order valence-electron chi connectivity index (χ1n) is 20.7. The maximum atomic E-state index is 16.5. The standard InChI is InChI=1S/C50H12F18N8/c51-15-5-1-13(2-6-15)21-17(9-69)23-19(11-71)24-18(10-70)22(14-3-7-16(52)8-4-14)28(30(33-39(57)47(65)75-48(66)40(33)58)34-41(59)49(67)76-50(68)42(34)60)26(24)20(12-72)25(23)27(21)29(31-35(53)43(61)73-44(62)36(31)54)32-37(55)45(63)74-46(64)38(32)56/h1-8,27-30H. The van der Waals surface area contributed by atoms with Crippen LogP contribution in [0.2, 0.25) is 0 Å². The van der Waals surface area contributed by atoms with Gasteiger partial charge in [-0.25, -0.2) is 43.9 Å². The molecule has 0 N–H and O–H groups in total. The lowest BCUT2D eigenvalue weighted by molar-refractivity contribution is 0.368. The molecule has 0 saturated heterocycles. The highest BCUT2D eigenvalue weighted by atomic mass is 19.2. The summed E-state index contributed by atoms with van der Waals surface area (Å²) in [5.74, 6) is -58.6. The van der Waals surface area contributed by atoms with Gasteiger partial charge in [0.25, 0.3) is 47.6 Å². The molecule has 3 aromatic carbocycles. The molecule has 4 aromatic heterocycles. The van der Waals surface area contributed by atoms with Crippen LogP contribution in [0.5, 0.6) is 0 Å². The molecule has 0 aliphatic heterocycles. The van der Waals surface area contributed by atoms with E-state index in [0.29, 0.717) is 48.5 Å². The Labute approximate surface area is 410 Å². The summed E-state index contributed by atoms with van der Waals surface area (Å²) in [5.41, 5.74) is -22.7. The average molecular weight is 1070 g/mol. The van der Waals surface area contributed by atoms with Crippen molar-refractivity contribution in [2.45, 2.75) is 23.7 Å². The van der Waals surface area contributed by atoms with Crippen LogP contribution in [0.4, 0.5) is 79.0 Å². The number of nitriles is 4. The Morgan fingerprint density at radius 1 is 0.329 bits per heavy atom. The third-order valence-electron chi connectivity index (χ3n) is 12.7. The largest absolute Gasteiger partial charge is 0.252 e. The second-order valence-corrected chi connectivity index (χ2v) is 16.2. The van der Waals surface area contributed by atoms with E-state index in [1.807, 2.05) is 0 Å². The highest BCUT2D eigenvalue weighted by Gasteiger charge is 2.53. The fourth-order valence-electron chi connectivity index (χ4n) is 9.90. The molecule has 26 heteroatoms. The van der Waals surface area contributed by atoms with Gasteiger partial charge in [-0.2, -0.15) is 76.1 Å². The van der Waals surface area contributed by atoms with Crippen molar-refractivity contribution < 1.29 is 79.0 Å². The molecule has 2 atom stereocenters. The monoisotopic (exact) mass is 1070 g/mol. The smallest absolute Gasteiger partial charge is 0.207 e. The highest BCUT2D eigenvalue weighted by Crippen LogP contribution is 2.64. The summed E-state index contributed by atoms with van der Waals surface area (Å²) < 4.78 is 284. The molecule has 8 nitrogen and oxygen atoms in total. The number of rotatable bonds is 8. The van der Waals surface area contributed by atoms with Crippen molar-refractivity contribution in [1.82, 2.24) is 19.9 Å². The minimum atomic E-state index is -3.53. The zero-order valence-corrected chi connectivity index (χ0v) is 36.3. The van der Waals surface area contributed by atoms with Gasteiger partial charge in [0.2, 0.25) is 0 Å². The fourth-order valence-corrected chi connectivity index (χ4v) is 9.90. The van der Waals surface area contributed by atoms with Gasteiger partial charge in [0.05, 0.1) is 28.3 Å². The SMILES string of the molecule is N#CC1=C(c2ccc(F)cc2)C(C(c2c(F)c(F)nc(F)c2F)c2c(F)c(F)nc(F)c2F)c2c(C#N)c3c(c(C#N)c21)C(C#N)=C(c1ccc(F)cc1)C3C(c1c(F)c(F)nc(F)c1F)c1c(F)c(F)nc(F)c1F. The van der Waals surface area contributed by atoms with Gasteiger partial charge < -0.3 is 0 Å². The Bertz CT molecular complexity index is 3530. The van der Waals surface area contributed by atoms with E-state index in [0.717, 1.165) is 0 Å². The van der Waals surface area contributed by atoms with Crippen LogP contribution in [0, 0.1) is 151 Å². The Hall–Kier alpha value is -9.56. The van der Waals surface area contributed by atoms with Gasteiger partial charge in [-0.1, -0.05) is 24.3 Å². The number of benzene rings is 3. The fraction of sp³-hybridized carbons (Fsp3) is 0.0800. The predicted molar refractivity (Wildman–Crippen MR) is 219 cm³/mol. The van der Waals surface area contributed by atoms with Gasteiger partial charge in [-0.15, -0.1) is 0 Å². The van der Waals surface area contributed by atoms with Gasteiger partial charge in [0, 0.05) is 57.1 Å². The summed E-state index contributed by atoms with van der Waals surface area (Å²) in [5, 5.41) is 44.7. The van der Waals surface area contributed by atoms with Crippen molar-refractivity contribution in [1.29, 1.82) is 21.0 Å². The molecule has 0 bridgehead atoms. The van der Waals surface area contributed by atoms with Crippen molar-refractivity contribution in [2.24, 2.45) is 0 Å².